The molecule has 0 aliphatic heterocycles. The highest BCUT2D eigenvalue weighted by atomic mass is 16.5. The van der Waals surface area contributed by atoms with Crippen LogP contribution in [-0.2, 0) is 17.9 Å². The van der Waals surface area contributed by atoms with E-state index >= 15 is 0 Å². The van der Waals surface area contributed by atoms with Gasteiger partial charge in [0, 0.05) is 17.4 Å². The molecule has 11 nitrogen and oxygen atoms in total. The van der Waals surface area contributed by atoms with E-state index in [0.29, 0.717) is 40.2 Å². The highest BCUT2D eigenvalue weighted by Gasteiger charge is 2.29. The van der Waals surface area contributed by atoms with E-state index < -0.39 is 0 Å². The van der Waals surface area contributed by atoms with Crippen LogP contribution in [-0.4, -0.2) is 35.3 Å². The summed E-state index contributed by atoms with van der Waals surface area (Å²) in [4.78, 5) is 35.4. The van der Waals surface area contributed by atoms with Gasteiger partial charge in [0.2, 0.25) is 11.8 Å². The third-order valence-corrected chi connectivity index (χ3v) is 5.91. The van der Waals surface area contributed by atoms with Gasteiger partial charge < -0.3 is 18.9 Å². The molecule has 1 fully saturated rings. The number of carbonyl (C=O) groups excluding carboxylic acids is 1. The van der Waals surface area contributed by atoms with E-state index in [-0.39, 0.29) is 24.6 Å². The van der Waals surface area contributed by atoms with E-state index in [1.54, 1.807) is 17.6 Å². The Morgan fingerprint density at radius 3 is 2.79 bits per heavy atom. The maximum absolute atomic E-state index is 13.6. The second-order valence-electron chi connectivity index (χ2n) is 8.67. The largest absolute Gasteiger partial charge is 0.360 e. The van der Waals surface area contributed by atoms with Crippen LogP contribution in [0.25, 0.3) is 21.9 Å². The van der Waals surface area contributed by atoms with Gasteiger partial charge in [-0.15, -0.1) is 0 Å². The lowest BCUT2D eigenvalue weighted by atomic mass is 10.1. The monoisotopic (exact) mass is 459 g/mol. The zero-order valence-electron chi connectivity index (χ0n) is 18.6. The van der Waals surface area contributed by atoms with Crippen molar-refractivity contribution in [2.24, 2.45) is 0 Å². The van der Waals surface area contributed by atoms with Crippen molar-refractivity contribution < 1.29 is 13.8 Å². The van der Waals surface area contributed by atoms with Gasteiger partial charge in [-0.3, -0.25) is 14.2 Å². The summed E-state index contributed by atoms with van der Waals surface area (Å²) in [6.07, 6.45) is 3.60. The van der Waals surface area contributed by atoms with Crippen LogP contribution in [0.4, 0.5) is 5.82 Å². The SMILES string of the molecule is Cc1ccc2c(c1)c1ncn(Cc3nc(C4CC4)no3)c(=O)c1n2CC(=O)Nc1cc(C)on1. The lowest BCUT2D eigenvalue weighted by Crippen LogP contribution is -2.25. The fourth-order valence-corrected chi connectivity index (χ4v) is 4.13. The smallest absolute Gasteiger partial charge is 0.278 e. The van der Waals surface area contributed by atoms with Crippen LogP contribution in [0.15, 0.2) is 44.4 Å². The van der Waals surface area contributed by atoms with Crippen LogP contribution in [0.3, 0.4) is 0 Å². The summed E-state index contributed by atoms with van der Waals surface area (Å²) in [6.45, 7) is 3.72. The van der Waals surface area contributed by atoms with Crippen molar-refractivity contribution in [2.45, 2.75) is 45.7 Å². The van der Waals surface area contributed by atoms with Gasteiger partial charge >= 0.3 is 0 Å². The van der Waals surface area contributed by atoms with E-state index in [0.717, 1.165) is 29.3 Å². The predicted molar refractivity (Wildman–Crippen MR) is 121 cm³/mol. The molecule has 4 heterocycles. The predicted octanol–water partition coefficient (Wildman–Crippen LogP) is 2.90. The first-order valence-electron chi connectivity index (χ1n) is 11.0. The van der Waals surface area contributed by atoms with Gasteiger partial charge in [0.25, 0.3) is 5.56 Å². The van der Waals surface area contributed by atoms with Crippen LogP contribution in [0.1, 0.15) is 41.8 Å². The van der Waals surface area contributed by atoms with Crippen LogP contribution in [0, 0.1) is 13.8 Å². The van der Waals surface area contributed by atoms with E-state index in [1.165, 1.54) is 10.9 Å². The summed E-state index contributed by atoms with van der Waals surface area (Å²) in [5, 5.41) is 11.3. The van der Waals surface area contributed by atoms with E-state index in [4.69, 9.17) is 9.05 Å². The standard InChI is InChI=1S/C23H21N7O4/c1-12-3-6-16-15(7-12)20-21(30(16)9-18(31)25-17-8-13(2)33-27-17)23(32)29(11-24-20)10-19-26-22(28-34-19)14-4-5-14/h3,6-8,11,14H,4-5,9-10H2,1-2H3,(H,25,27,31). The average Bonchev–Trinajstić information content (AvgIpc) is 3.29. The fourth-order valence-electron chi connectivity index (χ4n) is 4.13. The first-order valence-corrected chi connectivity index (χ1v) is 11.0. The number of carbonyl (C=O) groups is 1. The number of hydrogen-bond donors (Lipinski definition) is 1. The molecule has 4 aromatic heterocycles. The Labute approximate surface area is 192 Å². The Hall–Kier alpha value is -4.28. The van der Waals surface area contributed by atoms with Gasteiger partial charge in [-0.05, 0) is 38.8 Å². The minimum atomic E-state index is -0.339. The van der Waals surface area contributed by atoms with Gasteiger partial charge in [0.05, 0.1) is 11.8 Å². The van der Waals surface area contributed by atoms with Crippen molar-refractivity contribution in [2.75, 3.05) is 5.32 Å². The molecule has 1 aliphatic carbocycles. The maximum Gasteiger partial charge on any atom is 0.278 e. The molecule has 0 bridgehead atoms. The second-order valence-corrected chi connectivity index (χ2v) is 8.67. The topological polar surface area (TPSA) is 134 Å². The van der Waals surface area contributed by atoms with E-state index in [1.807, 2.05) is 25.1 Å². The Morgan fingerprint density at radius 2 is 2.03 bits per heavy atom. The third-order valence-electron chi connectivity index (χ3n) is 5.91. The molecule has 1 saturated carbocycles. The summed E-state index contributed by atoms with van der Waals surface area (Å²) < 4.78 is 13.5. The summed E-state index contributed by atoms with van der Waals surface area (Å²) in [5.41, 5.74) is 2.34. The number of fused-ring (bicyclic) bond motifs is 3. The number of benzene rings is 1. The highest BCUT2D eigenvalue weighted by molar-refractivity contribution is 6.06. The molecular weight excluding hydrogens is 438 g/mol. The van der Waals surface area contributed by atoms with Gasteiger partial charge in [0.1, 0.15) is 29.9 Å². The summed E-state index contributed by atoms with van der Waals surface area (Å²) in [6, 6.07) is 7.42. The van der Waals surface area contributed by atoms with Crippen LogP contribution in [0.2, 0.25) is 0 Å². The normalized spacial score (nSPS) is 13.7. The number of anilines is 1. The number of nitrogens with one attached hydrogen (secondary N) is 1. The molecule has 0 unspecified atom stereocenters. The van der Waals surface area contributed by atoms with Gasteiger partial charge in [0.15, 0.2) is 11.6 Å². The van der Waals surface area contributed by atoms with Crippen molar-refractivity contribution in [3.05, 3.63) is 64.0 Å². The maximum atomic E-state index is 13.6. The third kappa shape index (κ3) is 3.54. The molecule has 0 spiro atoms. The Kier molecular flexibility index (Phi) is 4.57. The number of amides is 1. The van der Waals surface area contributed by atoms with Crippen LogP contribution in [0.5, 0.6) is 0 Å². The fraction of sp³-hybridized carbons (Fsp3) is 0.304. The van der Waals surface area contributed by atoms with Crippen molar-refractivity contribution in [3.8, 4) is 0 Å². The Balaban J connectivity index is 1.42. The second kappa shape index (κ2) is 7.65. The molecule has 1 amide bonds. The number of nitrogens with zero attached hydrogens (tertiary/aromatic N) is 6. The lowest BCUT2D eigenvalue weighted by molar-refractivity contribution is -0.116. The molecule has 34 heavy (non-hydrogen) atoms. The molecule has 0 radical (unpaired) electrons. The van der Waals surface area contributed by atoms with Crippen molar-refractivity contribution >= 4 is 33.7 Å². The molecule has 0 saturated heterocycles. The first kappa shape index (κ1) is 20.3. The first-order chi connectivity index (χ1) is 16.5. The quantitative estimate of drug-likeness (QED) is 0.410. The zero-order valence-corrected chi connectivity index (χ0v) is 18.6. The lowest BCUT2D eigenvalue weighted by Gasteiger charge is -2.08. The summed E-state index contributed by atoms with van der Waals surface area (Å²) in [7, 11) is 0. The molecule has 1 aromatic carbocycles. The molecule has 1 N–H and O–H groups in total. The minimum Gasteiger partial charge on any atom is -0.360 e. The van der Waals surface area contributed by atoms with Gasteiger partial charge in [-0.1, -0.05) is 21.9 Å². The number of aromatic nitrogens is 6. The number of hydrogen-bond acceptors (Lipinski definition) is 8. The number of rotatable bonds is 6. The van der Waals surface area contributed by atoms with Crippen molar-refractivity contribution in [1.29, 1.82) is 0 Å². The minimum absolute atomic E-state index is 0.0950. The van der Waals surface area contributed by atoms with Gasteiger partial charge in [-0.2, -0.15) is 4.98 Å². The molecule has 6 rings (SSSR count). The average molecular weight is 459 g/mol. The highest BCUT2D eigenvalue weighted by Crippen LogP contribution is 2.38. The van der Waals surface area contributed by atoms with E-state index in [2.05, 4.69) is 25.6 Å². The molecule has 11 heteroatoms. The zero-order chi connectivity index (χ0) is 23.4. The Bertz CT molecular complexity index is 1620. The summed E-state index contributed by atoms with van der Waals surface area (Å²) >= 11 is 0. The van der Waals surface area contributed by atoms with Crippen LogP contribution < -0.4 is 10.9 Å². The summed E-state index contributed by atoms with van der Waals surface area (Å²) in [5.74, 6) is 1.95. The van der Waals surface area contributed by atoms with Gasteiger partial charge in [-0.25, -0.2) is 4.98 Å². The van der Waals surface area contributed by atoms with Crippen molar-refractivity contribution in [1.82, 2.24) is 29.4 Å². The molecule has 0 atom stereocenters. The molecule has 5 aromatic rings. The number of aryl methyl sites for hydroxylation is 2. The Morgan fingerprint density at radius 1 is 1.18 bits per heavy atom. The van der Waals surface area contributed by atoms with Crippen molar-refractivity contribution in [3.63, 3.8) is 0 Å². The van der Waals surface area contributed by atoms with E-state index in [9.17, 15) is 9.59 Å². The molecular formula is C23H21N7O4. The molecule has 1 aliphatic rings. The molecule has 172 valence electrons. The van der Waals surface area contributed by atoms with Crippen LogP contribution >= 0.6 is 0 Å².